The number of nitriles is 1. The molecule has 0 fully saturated rings. The van der Waals surface area contributed by atoms with Crippen molar-refractivity contribution in [1.82, 2.24) is 4.98 Å². The van der Waals surface area contributed by atoms with E-state index in [-0.39, 0.29) is 0 Å². The van der Waals surface area contributed by atoms with E-state index in [1.165, 1.54) is 0 Å². The average molecular weight is 1060 g/mol. The van der Waals surface area contributed by atoms with Crippen LogP contribution in [0.25, 0.3) is 0 Å². The fourth-order valence-electron chi connectivity index (χ4n) is 7.49. The number of benzene rings is 5. The van der Waals surface area contributed by atoms with E-state index in [2.05, 4.69) is 11.1 Å². The lowest BCUT2D eigenvalue weighted by molar-refractivity contribution is -0.688. The lowest BCUT2D eigenvalue weighted by atomic mass is 9.12. The molecule has 0 radical (unpaired) electrons. The standard InChI is InChI=1S/C32H12BF24.C12H10N3/c34-25(35,36)13-1-14(26(37,38)39)6-21(5-13)33(22-7-15(27(40,41)42)2-16(8-22)28(43,44)45,23-9-17(29(46,47)48)3-18(10-23)30(49,50)51)24-11-19(31(52,53)54)4-20(12-24)32(55,56)57;13-9-11-3-1-2-4-12(11)10-15-7-5-14-6-8-15/h1-12H;1-8H,10H2/q-1;+1. The third-order valence-electron chi connectivity index (χ3n) is 10.6. The van der Waals surface area contributed by atoms with E-state index in [9.17, 15) is 105 Å². The molecule has 72 heavy (non-hydrogen) atoms. The van der Waals surface area contributed by atoms with Crippen molar-refractivity contribution >= 4 is 28.0 Å². The molecule has 0 aliphatic heterocycles. The molecule has 0 aliphatic carbocycles. The zero-order valence-electron chi connectivity index (χ0n) is 34.7. The fourth-order valence-corrected chi connectivity index (χ4v) is 7.49. The number of alkyl halides is 24. The van der Waals surface area contributed by atoms with E-state index in [0.717, 1.165) is 11.1 Å². The molecule has 0 spiro atoms. The molecule has 384 valence electrons. The van der Waals surface area contributed by atoms with E-state index >= 15 is 0 Å². The smallest absolute Gasteiger partial charge is 0.252 e. The first kappa shape index (κ1) is 56.0. The summed E-state index contributed by atoms with van der Waals surface area (Å²) in [4.78, 5) is 3.94. The first-order chi connectivity index (χ1) is 32.7. The Morgan fingerprint density at radius 3 is 0.833 bits per heavy atom. The molecule has 0 bridgehead atoms. The van der Waals surface area contributed by atoms with Gasteiger partial charge in [0.15, 0.2) is 18.9 Å². The van der Waals surface area contributed by atoms with Crippen molar-refractivity contribution in [1.29, 1.82) is 5.26 Å². The Kier molecular flexibility index (Phi) is 15.0. The SMILES string of the molecule is FC(F)(F)c1cc([B-](c2cc(C(F)(F)F)cc(C(F)(F)F)c2)(c2cc(C(F)(F)F)cc(C(F)(F)F)c2)c2cc(C(F)(F)F)cc(C(F)(F)F)c2)cc(C(F)(F)F)c1.N#Cc1ccccc1C[n+]1ccncc1. The van der Waals surface area contributed by atoms with Crippen LogP contribution in [0, 0.1) is 11.3 Å². The maximum absolute atomic E-state index is 14.2. The van der Waals surface area contributed by atoms with Crippen LogP contribution < -0.4 is 26.4 Å². The molecule has 3 nitrogen and oxygen atoms in total. The van der Waals surface area contributed by atoms with Crippen LogP contribution in [0.5, 0.6) is 0 Å². The Bertz CT molecular complexity index is 2520. The summed E-state index contributed by atoms with van der Waals surface area (Å²) in [6.07, 6.45) is -47.6. The van der Waals surface area contributed by atoms with Crippen LogP contribution in [0.3, 0.4) is 0 Å². The summed E-state index contributed by atoms with van der Waals surface area (Å²) in [5, 5.41) is 8.92. The highest BCUT2D eigenvalue weighted by molar-refractivity contribution is 7.20. The predicted octanol–water partition coefficient (Wildman–Crippen LogP) is 12.5. The quantitative estimate of drug-likeness (QED) is 0.0947. The molecule has 0 aliphatic rings. The van der Waals surface area contributed by atoms with Crippen molar-refractivity contribution in [2.24, 2.45) is 0 Å². The van der Waals surface area contributed by atoms with Crippen LogP contribution in [0.15, 0.2) is 122 Å². The molecule has 6 rings (SSSR count). The summed E-state index contributed by atoms with van der Waals surface area (Å²) < 4.78 is 343. The zero-order chi connectivity index (χ0) is 54.4. The van der Waals surface area contributed by atoms with Crippen LogP contribution in [0.2, 0.25) is 0 Å². The molecule has 28 heteroatoms. The van der Waals surface area contributed by atoms with Gasteiger partial charge in [0.2, 0.25) is 0 Å². The minimum Gasteiger partial charge on any atom is -0.252 e. The molecule has 0 unspecified atom stereocenters. The first-order valence-corrected chi connectivity index (χ1v) is 19.3. The van der Waals surface area contributed by atoms with Gasteiger partial charge in [-0.25, -0.2) is 0 Å². The Morgan fingerprint density at radius 2 is 0.611 bits per heavy atom. The van der Waals surface area contributed by atoms with Gasteiger partial charge >= 0.3 is 49.4 Å². The van der Waals surface area contributed by atoms with Crippen molar-refractivity contribution in [2.45, 2.75) is 56.0 Å². The predicted molar refractivity (Wildman–Crippen MR) is 205 cm³/mol. The van der Waals surface area contributed by atoms with Crippen LogP contribution in [0.1, 0.15) is 55.6 Å². The Morgan fingerprint density at radius 1 is 0.375 bits per heavy atom. The largest absolute Gasteiger partial charge is 0.416 e. The lowest BCUT2D eigenvalue weighted by Gasteiger charge is -2.46. The number of hydrogen-bond donors (Lipinski definition) is 0. The van der Waals surface area contributed by atoms with Gasteiger partial charge in [-0.1, -0.05) is 66.7 Å². The highest BCUT2D eigenvalue weighted by Crippen LogP contribution is 2.41. The van der Waals surface area contributed by atoms with E-state index in [0.29, 0.717) is 6.54 Å². The van der Waals surface area contributed by atoms with Gasteiger partial charge in [-0.05, 0) is 30.3 Å². The summed E-state index contributed by atoms with van der Waals surface area (Å²) in [5.74, 6) is 0. The van der Waals surface area contributed by atoms with Crippen molar-refractivity contribution in [3.05, 3.63) is 177 Å². The molecule has 1 heterocycles. The minimum absolute atomic E-state index is 0.691. The summed E-state index contributed by atoms with van der Waals surface area (Å²) >= 11 is 0. The van der Waals surface area contributed by atoms with Crippen molar-refractivity contribution in [2.75, 3.05) is 0 Å². The van der Waals surface area contributed by atoms with Crippen molar-refractivity contribution < 1.29 is 110 Å². The zero-order valence-corrected chi connectivity index (χ0v) is 34.7. The lowest BCUT2D eigenvalue weighted by Crippen LogP contribution is -2.75. The fraction of sp³-hybridized carbons (Fsp3) is 0.205. The molecule has 1 aromatic heterocycles. The molecule has 0 atom stereocenters. The monoisotopic (exact) mass is 1060 g/mol. The number of hydrogen-bond acceptors (Lipinski definition) is 2. The van der Waals surface area contributed by atoms with E-state index in [1.54, 1.807) is 12.4 Å². The molecule has 6 aromatic rings. The summed E-state index contributed by atoms with van der Waals surface area (Å²) in [7, 11) is 0. The maximum Gasteiger partial charge on any atom is 0.416 e. The second-order valence-corrected chi connectivity index (χ2v) is 15.4. The minimum atomic E-state index is -6.13. The molecular formula is C44H22BF24N3. The van der Waals surface area contributed by atoms with Crippen LogP contribution in [-0.2, 0) is 56.0 Å². The third-order valence-corrected chi connectivity index (χ3v) is 10.6. The van der Waals surface area contributed by atoms with E-state index in [4.69, 9.17) is 5.26 Å². The van der Waals surface area contributed by atoms with Gasteiger partial charge in [-0.2, -0.15) is 137 Å². The summed E-state index contributed by atoms with van der Waals surface area (Å²) in [6, 6.07) is 0.988. The van der Waals surface area contributed by atoms with Crippen LogP contribution in [0.4, 0.5) is 105 Å². The van der Waals surface area contributed by atoms with E-state index in [1.807, 2.05) is 41.2 Å². The van der Waals surface area contributed by atoms with Gasteiger partial charge < -0.3 is 0 Å². The highest BCUT2D eigenvalue weighted by atomic mass is 19.4. The molecule has 5 aromatic carbocycles. The molecular weight excluding hydrogens is 1040 g/mol. The van der Waals surface area contributed by atoms with Gasteiger partial charge in [-0.15, -0.1) is 0 Å². The third kappa shape index (κ3) is 12.7. The summed E-state index contributed by atoms with van der Waals surface area (Å²) in [6.45, 7) is 0.701. The van der Waals surface area contributed by atoms with E-state index < -0.39 is 195 Å². The Hall–Kier alpha value is -6.95. The molecule has 0 N–H and O–H groups in total. The summed E-state index contributed by atoms with van der Waals surface area (Å²) in [5.41, 5.74) is -28.5. The Labute approximate surface area is 387 Å². The van der Waals surface area contributed by atoms with Gasteiger partial charge in [-0.3, -0.25) is 4.98 Å². The molecule has 0 saturated heterocycles. The van der Waals surface area contributed by atoms with Crippen molar-refractivity contribution in [3.8, 4) is 6.07 Å². The molecule has 0 amide bonds. The van der Waals surface area contributed by atoms with Crippen LogP contribution >= 0.6 is 0 Å². The van der Waals surface area contributed by atoms with Crippen LogP contribution in [-0.4, -0.2) is 11.1 Å². The molecule has 0 saturated carbocycles. The van der Waals surface area contributed by atoms with Gasteiger partial charge in [0.05, 0.1) is 68.5 Å². The highest BCUT2D eigenvalue weighted by Gasteiger charge is 2.47. The topological polar surface area (TPSA) is 40.6 Å². The second-order valence-electron chi connectivity index (χ2n) is 15.4. The van der Waals surface area contributed by atoms with Gasteiger partial charge in [0, 0.05) is 5.56 Å². The number of nitrogens with zero attached hydrogens (tertiary/aromatic N) is 3. The maximum atomic E-state index is 14.2. The normalized spacial score (nSPS) is 13.3. The second kappa shape index (κ2) is 19.2. The van der Waals surface area contributed by atoms with Gasteiger partial charge in [0.1, 0.15) is 6.15 Å². The number of halogens is 24. The number of rotatable bonds is 6. The number of aromatic nitrogens is 2. The Balaban J connectivity index is 0.000000542. The van der Waals surface area contributed by atoms with Gasteiger partial charge in [0.25, 0.3) is 0 Å². The first-order valence-electron chi connectivity index (χ1n) is 19.3. The average Bonchev–Trinajstić information content (AvgIpc) is 3.25. The van der Waals surface area contributed by atoms with Crippen molar-refractivity contribution in [3.63, 3.8) is 0 Å².